The van der Waals surface area contributed by atoms with Crippen LogP contribution in [0.3, 0.4) is 0 Å². The van der Waals surface area contributed by atoms with Gasteiger partial charge in [-0.15, -0.1) is 10.2 Å². The van der Waals surface area contributed by atoms with Gasteiger partial charge < -0.3 is 10.1 Å². The van der Waals surface area contributed by atoms with E-state index >= 15 is 0 Å². The lowest BCUT2D eigenvalue weighted by molar-refractivity contribution is -0.144. The summed E-state index contributed by atoms with van der Waals surface area (Å²) in [6.07, 6.45) is 0.0354. The Balaban J connectivity index is 1.84. The first-order chi connectivity index (χ1) is 16.3. The third-order valence-corrected chi connectivity index (χ3v) is 6.42. The molecule has 7 nitrogen and oxygen atoms in total. The summed E-state index contributed by atoms with van der Waals surface area (Å²) in [7, 11) is 0. The van der Waals surface area contributed by atoms with E-state index in [1.54, 1.807) is 25.1 Å². The maximum atomic E-state index is 12.4. The molecule has 1 aromatic heterocycles. The monoisotopic (exact) mass is 520 g/mol. The van der Waals surface area contributed by atoms with Crippen LogP contribution >= 0.6 is 35.0 Å². The number of benzene rings is 2. The molecule has 0 aliphatic rings. The Labute approximate surface area is 213 Å². The number of nitrogens with one attached hydrogen (secondary N) is 1. The molecule has 3 aromatic rings. The van der Waals surface area contributed by atoms with Crippen LogP contribution in [0, 0.1) is 6.92 Å². The number of carbonyl (C=O) groups is 2. The minimum Gasteiger partial charge on any atom is -0.466 e. The Kier molecular flexibility index (Phi) is 9.38. The standard InChI is InChI=1S/C24H26Cl2N4O3S/c1-4-33-22(32)11-10-21(31)27-16(3)23-28-29-24(34-14-17-7-5-6-15(2)12-17)30(23)20-9-8-18(25)13-19(20)26/h5-9,12-13,16H,4,10-11,14H2,1-3H3,(H,27,31). The van der Waals surface area contributed by atoms with Crippen LogP contribution in [-0.4, -0.2) is 33.2 Å². The van der Waals surface area contributed by atoms with Crippen molar-refractivity contribution in [2.75, 3.05) is 6.61 Å². The number of ether oxygens (including phenoxy) is 1. The molecule has 0 spiro atoms. The fourth-order valence-corrected chi connectivity index (χ4v) is 4.71. The molecule has 0 aliphatic heterocycles. The first-order valence-corrected chi connectivity index (χ1v) is 12.6. The highest BCUT2D eigenvalue weighted by molar-refractivity contribution is 7.98. The molecule has 1 N–H and O–H groups in total. The van der Waals surface area contributed by atoms with Crippen LogP contribution in [0.5, 0.6) is 0 Å². The van der Waals surface area contributed by atoms with Crippen LogP contribution in [0.25, 0.3) is 5.69 Å². The number of thioether (sulfide) groups is 1. The second-order valence-electron chi connectivity index (χ2n) is 7.64. The van der Waals surface area contributed by atoms with E-state index in [1.807, 2.05) is 17.6 Å². The third kappa shape index (κ3) is 6.98. The van der Waals surface area contributed by atoms with Crippen LogP contribution < -0.4 is 5.32 Å². The fraction of sp³-hybridized carbons (Fsp3) is 0.333. The van der Waals surface area contributed by atoms with E-state index in [2.05, 4.69) is 40.6 Å². The lowest BCUT2D eigenvalue weighted by Gasteiger charge is -2.17. The smallest absolute Gasteiger partial charge is 0.306 e. The second-order valence-corrected chi connectivity index (χ2v) is 9.43. The number of nitrogens with zero attached hydrogens (tertiary/aromatic N) is 3. The Morgan fingerprint density at radius 2 is 1.94 bits per heavy atom. The Morgan fingerprint density at radius 1 is 1.15 bits per heavy atom. The van der Waals surface area contributed by atoms with Crippen LogP contribution in [0.2, 0.25) is 10.0 Å². The van der Waals surface area contributed by atoms with Crippen molar-refractivity contribution in [2.45, 2.75) is 50.6 Å². The Bertz CT molecular complexity index is 1170. The number of carbonyl (C=O) groups excluding carboxylic acids is 2. The van der Waals surface area contributed by atoms with Crippen molar-refractivity contribution < 1.29 is 14.3 Å². The van der Waals surface area contributed by atoms with Gasteiger partial charge in [-0.3, -0.25) is 14.2 Å². The van der Waals surface area contributed by atoms with Gasteiger partial charge in [0.2, 0.25) is 5.91 Å². The number of hydrogen-bond acceptors (Lipinski definition) is 6. The minimum absolute atomic E-state index is 0.0136. The van der Waals surface area contributed by atoms with Crippen molar-refractivity contribution in [1.29, 1.82) is 0 Å². The van der Waals surface area contributed by atoms with Gasteiger partial charge in [0, 0.05) is 17.2 Å². The zero-order chi connectivity index (χ0) is 24.7. The molecule has 0 saturated heterocycles. The second kappa shape index (κ2) is 12.2. The van der Waals surface area contributed by atoms with Crippen molar-refractivity contribution in [1.82, 2.24) is 20.1 Å². The molecule has 3 rings (SSSR count). The van der Waals surface area contributed by atoms with Gasteiger partial charge in [-0.25, -0.2) is 0 Å². The lowest BCUT2D eigenvalue weighted by atomic mass is 10.2. The molecule has 1 amide bonds. The normalized spacial score (nSPS) is 11.8. The van der Waals surface area contributed by atoms with Crippen LogP contribution in [0.4, 0.5) is 0 Å². The van der Waals surface area contributed by atoms with E-state index in [0.717, 1.165) is 5.56 Å². The van der Waals surface area contributed by atoms with Crippen molar-refractivity contribution >= 4 is 46.8 Å². The number of esters is 1. The molecule has 34 heavy (non-hydrogen) atoms. The number of rotatable bonds is 10. The molecule has 1 unspecified atom stereocenters. The molecule has 1 atom stereocenters. The predicted octanol–water partition coefficient (Wildman–Crippen LogP) is 5.70. The number of amides is 1. The summed E-state index contributed by atoms with van der Waals surface area (Å²) in [6, 6.07) is 13.0. The van der Waals surface area contributed by atoms with Crippen LogP contribution in [-0.2, 0) is 20.1 Å². The van der Waals surface area contributed by atoms with Gasteiger partial charge in [0.1, 0.15) is 0 Å². The van der Waals surface area contributed by atoms with E-state index in [9.17, 15) is 9.59 Å². The highest BCUT2D eigenvalue weighted by Crippen LogP contribution is 2.32. The van der Waals surface area contributed by atoms with E-state index in [4.69, 9.17) is 27.9 Å². The summed E-state index contributed by atoms with van der Waals surface area (Å²) >= 11 is 14.1. The highest BCUT2D eigenvalue weighted by Gasteiger charge is 2.23. The predicted molar refractivity (Wildman–Crippen MR) is 135 cm³/mol. The maximum Gasteiger partial charge on any atom is 0.306 e. The van der Waals surface area contributed by atoms with E-state index in [-0.39, 0.29) is 25.4 Å². The number of aromatic nitrogens is 3. The molecule has 0 fully saturated rings. The topological polar surface area (TPSA) is 86.1 Å². The Morgan fingerprint density at radius 3 is 2.65 bits per heavy atom. The van der Waals surface area contributed by atoms with Gasteiger partial charge in [-0.1, -0.05) is 64.8 Å². The van der Waals surface area contributed by atoms with E-state index < -0.39 is 12.0 Å². The molecule has 10 heteroatoms. The average molecular weight is 521 g/mol. The number of hydrogen-bond donors (Lipinski definition) is 1. The third-order valence-electron chi connectivity index (χ3n) is 4.89. The molecule has 0 aliphatic carbocycles. The molecular weight excluding hydrogens is 495 g/mol. The van der Waals surface area contributed by atoms with Gasteiger partial charge in [0.25, 0.3) is 0 Å². The highest BCUT2D eigenvalue weighted by atomic mass is 35.5. The Hall–Kier alpha value is -2.55. The van der Waals surface area contributed by atoms with Gasteiger partial charge >= 0.3 is 5.97 Å². The average Bonchev–Trinajstić information content (AvgIpc) is 3.20. The van der Waals surface area contributed by atoms with Gasteiger partial charge in [-0.2, -0.15) is 0 Å². The zero-order valence-corrected chi connectivity index (χ0v) is 21.5. The summed E-state index contributed by atoms with van der Waals surface area (Å²) in [4.78, 5) is 24.0. The molecule has 0 radical (unpaired) electrons. The van der Waals surface area contributed by atoms with Crippen molar-refractivity contribution in [3.8, 4) is 5.69 Å². The van der Waals surface area contributed by atoms with Gasteiger partial charge in [-0.05, 0) is 44.5 Å². The zero-order valence-electron chi connectivity index (χ0n) is 19.2. The summed E-state index contributed by atoms with van der Waals surface area (Å²) < 4.78 is 6.71. The minimum atomic E-state index is -0.484. The van der Waals surface area contributed by atoms with Crippen LogP contribution in [0.15, 0.2) is 47.6 Å². The molecule has 0 saturated carbocycles. The SMILES string of the molecule is CCOC(=O)CCC(=O)NC(C)c1nnc(SCc2cccc(C)c2)n1-c1ccc(Cl)cc1Cl. The van der Waals surface area contributed by atoms with Crippen molar-refractivity contribution in [3.63, 3.8) is 0 Å². The number of aryl methyl sites for hydroxylation is 1. The molecular formula is C24H26Cl2N4O3S. The summed E-state index contributed by atoms with van der Waals surface area (Å²) in [5, 5.41) is 13.2. The lowest BCUT2D eigenvalue weighted by Crippen LogP contribution is -2.29. The van der Waals surface area contributed by atoms with Gasteiger partial charge in [0.15, 0.2) is 11.0 Å². The summed E-state index contributed by atoms with van der Waals surface area (Å²) in [5.41, 5.74) is 2.99. The first kappa shape index (κ1) is 26.1. The van der Waals surface area contributed by atoms with Crippen molar-refractivity contribution in [2.24, 2.45) is 0 Å². The fourth-order valence-electron chi connectivity index (χ4n) is 3.32. The quantitative estimate of drug-likeness (QED) is 0.272. The number of halogens is 2. The molecule has 2 aromatic carbocycles. The largest absolute Gasteiger partial charge is 0.466 e. The van der Waals surface area contributed by atoms with Crippen LogP contribution in [0.1, 0.15) is 49.7 Å². The van der Waals surface area contributed by atoms with E-state index in [0.29, 0.717) is 32.5 Å². The van der Waals surface area contributed by atoms with E-state index in [1.165, 1.54) is 17.3 Å². The van der Waals surface area contributed by atoms with Gasteiger partial charge in [0.05, 0.1) is 29.8 Å². The molecule has 0 bridgehead atoms. The van der Waals surface area contributed by atoms with Crippen molar-refractivity contribution in [3.05, 3.63) is 69.5 Å². The first-order valence-electron chi connectivity index (χ1n) is 10.8. The summed E-state index contributed by atoms with van der Waals surface area (Å²) in [5.74, 6) is 0.508. The summed E-state index contributed by atoms with van der Waals surface area (Å²) in [6.45, 7) is 5.87. The molecule has 1 heterocycles. The molecule has 180 valence electrons. The maximum absolute atomic E-state index is 12.4.